The van der Waals surface area contributed by atoms with E-state index in [1.807, 2.05) is 84.9 Å². The van der Waals surface area contributed by atoms with Crippen LogP contribution in [0.3, 0.4) is 0 Å². The molecule has 0 amide bonds. The van der Waals surface area contributed by atoms with Crippen molar-refractivity contribution in [1.82, 2.24) is 0 Å². The highest BCUT2D eigenvalue weighted by atomic mass is 16.3. The van der Waals surface area contributed by atoms with Crippen LogP contribution in [0.15, 0.2) is 146 Å². The Morgan fingerprint density at radius 2 is 0.593 bits per heavy atom. The van der Waals surface area contributed by atoms with Crippen molar-refractivity contribution in [3.63, 3.8) is 0 Å². The minimum absolute atomic E-state index is 0.0615. The summed E-state index contributed by atoms with van der Waals surface area (Å²) < 4.78 is 0. The van der Waals surface area contributed by atoms with E-state index in [0.717, 1.165) is 57.1 Å². The highest BCUT2D eigenvalue weighted by molar-refractivity contribution is 5.82. The van der Waals surface area contributed by atoms with Gasteiger partial charge in [0.25, 0.3) is 0 Å². The Hall–Kier alpha value is -5.74. The molecule has 0 heterocycles. The quantitative estimate of drug-likeness (QED) is 0.138. The predicted octanol–water partition coefficient (Wildman–Crippen LogP) is 11.7. The largest absolute Gasteiger partial charge is 0.507 e. The van der Waals surface area contributed by atoms with Gasteiger partial charge in [-0.2, -0.15) is 0 Å². The van der Waals surface area contributed by atoms with Crippen LogP contribution in [0.25, 0.3) is 0 Å². The summed E-state index contributed by atoms with van der Waals surface area (Å²) >= 11 is 0. The van der Waals surface area contributed by atoms with E-state index in [2.05, 4.69) is 104 Å². The molecule has 2 N–H and O–H groups in total. The average molecular weight is 717 g/mol. The third kappa shape index (κ3) is 7.79. The lowest BCUT2D eigenvalue weighted by atomic mass is 9.72. The predicted molar refractivity (Wildman–Crippen MR) is 221 cm³/mol. The minimum atomic E-state index is -0.439. The first-order chi connectivity index (χ1) is 25.6. The first kappa shape index (κ1) is 39.5. The number of carbonyl (C=O) groups is 2. The molecule has 0 fully saturated rings. The molecule has 6 aromatic rings. The fourth-order valence-corrected chi connectivity index (χ4v) is 7.23. The Labute approximate surface area is 321 Å². The number of phenols is 2. The molecule has 6 rings (SSSR count). The maximum atomic E-state index is 11.7. The van der Waals surface area contributed by atoms with E-state index < -0.39 is 10.8 Å². The molecule has 6 aromatic carbocycles. The minimum Gasteiger partial charge on any atom is -0.507 e. The van der Waals surface area contributed by atoms with Gasteiger partial charge in [-0.15, -0.1) is 0 Å². The van der Waals surface area contributed by atoms with Crippen LogP contribution in [0, 0.1) is 0 Å². The monoisotopic (exact) mass is 716 g/mol. The van der Waals surface area contributed by atoms with Gasteiger partial charge in [-0.1, -0.05) is 189 Å². The van der Waals surface area contributed by atoms with Gasteiger partial charge in [-0.05, 0) is 45.5 Å². The van der Waals surface area contributed by atoms with E-state index >= 15 is 0 Å². The zero-order chi connectivity index (χ0) is 39.3. The Kier molecular flexibility index (Phi) is 11.5. The van der Waals surface area contributed by atoms with Crippen molar-refractivity contribution in [1.29, 1.82) is 0 Å². The molecule has 4 nitrogen and oxygen atoms in total. The van der Waals surface area contributed by atoms with E-state index in [1.165, 1.54) is 0 Å². The van der Waals surface area contributed by atoms with Gasteiger partial charge in [-0.3, -0.25) is 9.59 Å². The molecule has 0 aliphatic heterocycles. The number of aromatic hydroxyl groups is 2. The molecule has 0 aromatic heterocycles. The van der Waals surface area contributed by atoms with Crippen LogP contribution in [-0.2, 0) is 21.7 Å². The molecule has 0 bridgehead atoms. The molecule has 54 heavy (non-hydrogen) atoms. The molecule has 0 atom stereocenters. The second kappa shape index (κ2) is 15.7. The Bertz CT molecular complexity index is 2040. The van der Waals surface area contributed by atoms with Crippen LogP contribution in [0.4, 0.5) is 0 Å². The molecule has 4 heteroatoms. The fraction of sp³-hybridized carbons (Fsp3) is 0.240. The number of carbonyl (C=O) groups excluding carboxylic acids is 2. The number of hydrogen-bond acceptors (Lipinski definition) is 4. The third-order valence-electron chi connectivity index (χ3n) is 11.3. The maximum absolute atomic E-state index is 11.7. The topological polar surface area (TPSA) is 74.6 Å². The number of phenolic OH excluding ortho intramolecular Hbond substituents is 2. The van der Waals surface area contributed by atoms with Crippen molar-refractivity contribution in [2.45, 2.75) is 77.0 Å². The number of aldehydes is 2. The highest BCUT2D eigenvalue weighted by Gasteiger charge is 2.33. The van der Waals surface area contributed by atoms with Gasteiger partial charge in [0.1, 0.15) is 11.5 Å². The van der Waals surface area contributed by atoms with Crippen molar-refractivity contribution in [2.24, 2.45) is 0 Å². The molecular formula is C50H52O4. The summed E-state index contributed by atoms with van der Waals surface area (Å²) in [5.41, 5.74) is 7.23. The molecule has 0 saturated carbocycles. The van der Waals surface area contributed by atoms with Gasteiger partial charge in [0.2, 0.25) is 0 Å². The molecular weight excluding hydrogens is 665 g/mol. The summed E-state index contributed by atoms with van der Waals surface area (Å²) in [7, 11) is 0. The van der Waals surface area contributed by atoms with Crippen LogP contribution in [0.5, 0.6) is 11.5 Å². The molecule has 0 spiro atoms. The van der Waals surface area contributed by atoms with Crippen LogP contribution in [-0.4, -0.2) is 22.8 Å². The molecule has 276 valence electrons. The first-order valence-corrected chi connectivity index (χ1v) is 18.4. The maximum Gasteiger partial charge on any atom is 0.153 e. The lowest BCUT2D eigenvalue weighted by Crippen LogP contribution is -2.23. The van der Waals surface area contributed by atoms with Crippen molar-refractivity contribution in [2.75, 3.05) is 0 Å². The lowest BCUT2D eigenvalue weighted by Gasteiger charge is -2.32. The summed E-state index contributed by atoms with van der Waals surface area (Å²) in [6.45, 7) is 16.9. The molecule has 0 aliphatic carbocycles. The lowest BCUT2D eigenvalue weighted by molar-refractivity contribution is 0.111. The highest BCUT2D eigenvalue weighted by Crippen LogP contribution is 2.44. The van der Waals surface area contributed by atoms with E-state index in [1.54, 1.807) is 12.1 Å². The van der Waals surface area contributed by atoms with E-state index in [9.17, 15) is 19.8 Å². The van der Waals surface area contributed by atoms with Crippen molar-refractivity contribution >= 4 is 12.6 Å². The standard InChI is InChI=1S/2C25H26O2/c2*1-24(2,19-11-7-5-8-12-19)21-15-18(17-26)23(27)22(16-21)25(3,4)20-13-9-6-10-14-20/h2*5-17,27H,1-4H3. The van der Waals surface area contributed by atoms with Crippen molar-refractivity contribution in [3.8, 4) is 11.5 Å². The molecule has 0 unspecified atom stereocenters. The molecule has 0 radical (unpaired) electrons. The Balaban J connectivity index is 0.000000208. The van der Waals surface area contributed by atoms with Crippen molar-refractivity contribution < 1.29 is 19.8 Å². The fourth-order valence-electron chi connectivity index (χ4n) is 7.23. The first-order valence-electron chi connectivity index (χ1n) is 18.4. The summed E-state index contributed by atoms with van der Waals surface area (Å²) in [6, 6.07) is 48.3. The van der Waals surface area contributed by atoms with Crippen LogP contribution >= 0.6 is 0 Å². The third-order valence-corrected chi connectivity index (χ3v) is 11.3. The summed E-state index contributed by atoms with van der Waals surface area (Å²) in [5, 5.41) is 21.6. The second-order valence-electron chi connectivity index (χ2n) is 16.1. The van der Waals surface area contributed by atoms with Crippen LogP contribution in [0.2, 0.25) is 0 Å². The Morgan fingerprint density at radius 3 is 0.833 bits per heavy atom. The van der Waals surface area contributed by atoms with Gasteiger partial charge in [0.15, 0.2) is 12.6 Å². The average Bonchev–Trinajstić information content (AvgIpc) is 3.19. The van der Waals surface area contributed by atoms with Gasteiger partial charge in [0.05, 0.1) is 11.1 Å². The smallest absolute Gasteiger partial charge is 0.153 e. The van der Waals surface area contributed by atoms with Gasteiger partial charge in [0, 0.05) is 32.8 Å². The molecule has 0 saturated heterocycles. The van der Waals surface area contributed by atoms with Gasteiger partial charge in [-0.25, -0.2) is 0 Å². The SMILES string of the molecule is CC(C)(c1ccccc1)c1cc(C=O)c(O)c(C(C)(C)c2ccccc2)c1.CC(C)(c1ccccc1)c1cc(C=O)c(O)c(C(C)(C)c2ccccc2)c1. The van der Waals surface area contributed by atoms with Gasteiger partial charge >= 0.3 is 0 Å². The zero-order valence-corrected chi connectivity index (χ0v) is 32.7. The summed E-state index contributed by atoms with van der Waals surface area (Å²) in [4.78, 5) is 23.4. The number of hydrogen-bond donors (Lipinski definition) is 2. The normalized spacial score (nSPS) is 12.0. The van der Waals surface area contributed by atoms with Crippen LogP contribution < -0.4 is 0 Å². The summed E-state index contributed by atoms with van der Waals surface area (Å²) in [6.07, 6.45) is 1.48. The zero-order valence-electron chi connectivity index (χ0n) is 32.7. The second-order valence-corrected chi connectivity index (χ2v) is 16.1. The van der Waals surface area contributed by atoms with E-state index in [4.69, 9.17) is 0 Å². The Morgan fingerprint density at radius 1 is 0.352 bits per heavy atom. The van der Waals surface area contributed by atoms with E-state index in [0.29, 0.717) is 11.1 Å². The van der Waals surface area contributed by atoms with Gasteiger partial charge < -0.3 is 10.2 Å². The summed E-state index contributed by atoms with van der Waals surface area (Å²) in [5.74, 6) is 0.123. The van der Waals surface area contributed by atoms with E-state index in [-0.39, 0.29) is 22.3 Å². The number of rotatable bonds is 10. The molecule has 0 aliphatic rings. The number of benzene rings is 6. The van der Waals surface area contributed by atoms with Crippen molar-refractivity contribution in [3.05, 3.63) is 201 Å². The van der Waals surface area contributed by atoms with Crippen LogP contribution in [0.1, 0.15) is 121 Å².